The van der Waals surface area contributed by atoms with Crippen LogP contribution in [0.4, 0.5) is 0 Å². The highest BCUT2D eigenvalue weighted by Gasteiger charge is 2.33. The van der Waals surface area contributed by atoms with Crippen molar-refractivity contribution in [1.29, 1.82) is 0 Å². The van der Waals surface area contributed by atoms with Crippen molar-refractivity contribution < 1.29 is 14.1 Å². The summed E-state index contributed by atoms with van der Waals surface area (Å²) in [5.41, 5.74) is 2.77. The standard InChI is InChI=1S/C15H15N5O3S/c21-12-4-3-10(17-18-12)15(22)20-6-5-9(8-20)13-16-14(23-19-13)11-2-1-7-24-11/h1-2,7,9H,3-6,8H2,(H,18,21)/t9-/m1/s1. The average Bonchev–Trinajstić information content (AvgIpc) is 3.33. The van der Waals surface area contributed by atoms with Crippen molar-refractivity contribution >= 4 is 28.9 Å². The Labute approximate surface area is 141 Å². The van der Waals surface area contributed by atoms with E-state index in [4.69, 9.17) is 4.52 Å². The van der Waals surface area contributed by atoms with Crippen molar-refractivity contribution in [3.8, 4) is 10.8 Å². The van der Waals surface area contributed by atoms with E-state index in [0.717, 1.165) is 11.3 Å². The smallest absolute Gasteiger partial charge is 0.270 e. The van der Waals surface area contributed by atoms with Gasteiger partial charge in [-0.25, -0.2) is 5.43 Å². The highest BCUT2D eigenvalue weighted by atomic mass is 32.1. The number of aromatic nitrogens is 2. The molecule has 1 N–H and O–H groups in total. The molecule has 0 aliphatic carbocycles. The molecule has 9 heteroatoms. The molecule has 2 aromatic heterocycles. The summed E-state index contributed by atoms with van der Waals surface area (Å²) in [7, 11) is 0. The molecule has 0 unspecified atom stereocenters. The lowest BCUT2D eigenvalue weighted by Gasteiger charge is -2.18. The molecule has 2 aromatic rings. The molecule has 0 saturated carbocycles. The molecule has 0 aromatic carbocycles. The molecular formula is C15H15N5O3S. The monoisotopic (exact) mass is 345 g/mol. The van der Waals surface area contributed by atoms with Crippen LogP contribution in [0.3, 0.4) is 0 Å². The third-order valence-electron chi connectivity index (χ3n) is 4.17. The van der Waals surface area contributed by atoms with Crippen LogP contribution in [0, 0.1) is 0 Å². The maximum absolute atomic E-state index is 12.5. The number of hydrogen-bond donors (Lipinski definition) is 1. The second kappa shape index (κ2) is 6.16. The number of likely N-dealkylation sites (tertiary alicyclic amines) is 1. The summed E-state index contributed by atoms with van der Waals surface area (Å²) in [5.74, 6) is 0.931. The fourth-order valence-corrected chi connectivity index (χ4v) is 3.51. The molecule has 124 valence electrons. The lowest BCUT2D eigenvalue weighted by molar-refractivity contribution is -0.123. The largest absolute Gasteiger partial charge is 0.337 e. The quantitative estimate of drug-likeness (QED) is 0.906. The maximum atomic E-state index is 12.5. The Morgan fingerprint density at radius 3 is 3.08 bits per heavy atom. The van der Waals surface area contributed by atoms with Gasteiger partial charge in [-0.05, 0) is 17.9 Å². The summed E-state index contributed by atoms with van der Waals surface area (Å²) in [4.78, 5) is 30.7. The average molecular weight is 345 g/mol. The molecule has 4 heterocycles. The van der Waals surface area contributed by atoms with Gasteiger partial charge in [-0.1, -0.05) is 11.2 Å². The minimum atomic E-state index is -0.154. The van der Waals surface area contributed by atoms with Gasteiger partial charge < -0.3 is 9.42 Å². The van der Waals surface area contributed by atoms with Gasteiger partial charge in [0, 0.05) is 31.8 Å². The van der Waals surface area contributed by atoms with Gasteiger partial charge in [-0.15, -0.1) is 11.3 Å². The third kappa shape index (κ3) is 2.82. The molecule has 0 bridgehead atoms. The van der Waals surface area contributed by atoms with Crippen LogP contribution in [0.1, 0.15) is 31.0 Å². The first-order chi connectivity index (χ1) is 11.7. The number of amides is 2. The number of hydrazone groups is 1. The Kier molecular flexibility index (Phi) is 3.85. The van der Waals surface area contributed by atoms with Crippen molar-refractivity contribution in [2.75, 3.05) is 13.1 Å². The van der Waals surface area contributed by atoms with Crippen molar-refractivity contribution in [2.45, 2.75) is 25.2 Å². The number of hydrogen-bond acceptors (Lipinski definition) is 7. The van der Waals surface area contributed by atoms with Crippen LogP contribution >= 0.6 is 11.3 Å². The van der Waals surface area contributed by atoms with E-state index in [1.807, 2.05) is 17.5 Å². The highest BCUT2D eigenvalue weighted by molar-refractivity contribution is 7.13. The zero-order valence-corrected chi connectivity index (χ0v) is 13.6. The first-order valence-corrected chi connectivity index (χ1v) is 8.61. The first kappa shape index (κ1) is 15.0. The predicted molar refractivity (Wildman–Crippen MR) is 86.4 cm³/mol. The van der Waals surface area contributed by atoms with E-state index in [0.29, 0.717) is 43.4 Å². The minimum Gasteiger partial charge on any atom is -0.337 e. The zero-order chi connectivity index (χ0) is 16.5. The Hall–Kier alpha value is -2.55. The van der Waals surface area contributed by atoms with Crippen LogP contribution in [-0.2, 0) is 9.59 Å². The Morgan fingerprint density at radius 1 is 1.42 bits per heavy atom. The molecule has 2 aliphatic heterocycles. The summed E-state index contributed by atoms with van der Waals surface area (Å²) >= 11 is 1.55. The number of carbonyl (C=O) groups excluding carboxylic acids is 2. The number of rotatable bonds is 3. The van der Waals surface area contributed by atoms with Gasteiger partial charge in [0.25, 0.3) is 11.8 Å². The molecule has 1 fully saturated rings. The topological polar surface area (TPSA) is 101 Å². The van der Waals surface area contributed by atoms with Crippen LogP contribution < -0.4 is 5.43 Å². The van der Waals surface area contributed by atoms with Gasteiger partial charge >= 0.3 is 0 Å². The van der Waals surface area contributed by atoms with Gasteiger partial charge in [-0.2, -0.15) is 10.1 Å². The van der Waals surface area contributed by atoms with Gasteiger partial charge in [0.1, 0.15) is 5.71 Å². The highest BCUT2D eigenvalue weighted by Crippen LogP contribution is 2.29. The van der Waals surface area contributed by atoms with Crippen LogP contribution in [0.5, 0.6) is 0 Å². The van der Waals surface area contributed by atoms with Gasteiger partial charge in [-0.3, -0.25) is 9.59 Å². The van der Waals surface area contributed by atoms with E-state index >= 15 is 0 Å². The summed E-state index contributed by atoms with van der Waals surface area (Å²) in [6, 6.07) is 3.87. The molecule has 2 aliphatic rings. The molecule has 1 atom stereocenters. The molecule has 0 spiro atoms. The molecule has 1 saturated heterocycles. The van der Waals surface area contributed by atoms with Gasteiger partial charge in [0.05, 0.1) is 4.88 Å². The van der Waals surface area contributed by atoms with Crippen molar-refractivity contribution in [1.82, 2.24) is 20.5 Å². The maximum Gasteiger partial charge on any atom is 0.270 e. The lowest BCUT2D eigenvalue weighted by Crippen LogP contribution is -2.39. The Morgan fingerprint density at radius 2 is 2.33 bits per heavy atom. The SMILES string of the molecule is O=C1CCC(C(=O)N2CC[C@@H](c3noc(-c4cccs4)n3)C2)=NN1. The third-order valence-corrected chi connectivity index (χ3v) is 5.02. The first-order valence-electron chi connectivity index (χ1n) is 7.73. The van der Waals surface area contributed by atoms with Crippen LogP contribution in [0.2, 0.25) is 0 Å². The van der Waals surface area contributed by atoms with E-state index < -0.39 is 0 Å². The molecule has 2 amide bonds. The summed E-state index contributed by atoms with van der Waals surface area (Å²) < 4.78 is 5.32. The molecule has 4 rings (SSSR count). The van der Waals surface area contributed by atoms with E-state index in [1.54, 1.807) is 16.2 Å². The van der Waals surface area contributed by atoms with Gasteiger partial charge in [0.15, 0.2) is 5.82 Å². The molecule has 0 radical (unpaired) electrons. The lowest BCUT2D eigenvalue weighted by atomic mass is 10.1. The summed E-state index contributed by atoms with van der Waals surface area (Å²) in [6.07, 6.45) is 1.47. The van der Waals surface area contributed by atoms with E-state index in [2.05, 4.69) is 20.7 Å². The van der Waals surface area contributed by atoms with Gasteiger partial charge in [0.2, 0.25) is 5.91 Å². The number of carbonyl (C=O) groups is 2. The van der Waals surface area contributed by atoms with E-state index in [-0.39, 0.29) is 17.7 Å². The fraction of sp³-hybridized carbons (Fsp3) is 0.400. The van der Waals surface area contributed by atoms with E-state index in [9.17, 15) is 9.59 Å². The number of nitrogens with zero attached hydrogens (tertiary/aromatic N) is 4. The molecule has 8 nitrogen and oxygen atoms in total. The van der Waals surface area contributed by atoms with Crippen LogP contribution in [-0.4, -0.2) is 45.7 Å². The zero-order valence-electron chi connectivity index (χ0n) is 12.8. The number of thiophene rings is 1. The number of nitrogens with one attached hydrogen (secondary N) is 1. The van der Waals surface area contributed by atoms with Crippen molar-refractivity contribution in [2.24, 2.45) is 5.10 Å². The van der Waals surface area contributed by atoms with Crippen LogP contribution in [0.25, 0.3) is 10.8 Å². The second-order valence-electron chi connectivity index (χ2n) is 5.77. The minimum absolute atomic E-state index is 0.0604. The Bertz CT molecular complexity index is 798. The predicted octanol–water partition coefficient (Wildman–Crippen LogP) is 1.38. The fourth-order valence-electron chi connectivity index (χ4n) is 2.87. The van der Waals surface area contributed by atoms with Crippen molar-refractivity contribution in [3.05, 3.63) is 23.3 Å². The summed E-state index contributed by atoms with van der Waals surface area (Å²) in [5, 5.41) is 9.89. The van der Waals surface area contributed by atoms with Crippen LogP contribution in [0.15, 0.2) is 27.1 Å². The Balaban J connectivity index is 1.43. The second-order valence-corrected chi connectivity index (χ2v) is 6.71. The van der Waals surface area contributed by atoms with Crippen molar-refractivity contribution in [3.63, 3.8) is 0 Å². The van der Waals surface area contributed by atoms with E-state index in [1.165, 1.54) is 0 Å². The normalized spacial score (nSPS) is 20.8. The summed E-state index contributed by atoms with van der Waals surface area (Å²) in [6.45, 7) is 1.16. The molecule has 24 heavy (non-hydrogen) atoms. The molecular weight excluding hydrogens is 330 g/mol.